The van der Waals surface area contributed by atoms with Gasteiger partial charge in [0.2, 0.25) is 10.0 Å². The SMILES string of the molecule is C#CCCN1CCN(C(=O)c2cccnc2)CC1.C#CCN(C)S(=O)(=O)c1ccc([N+](=O)[O-])cc1.C#CCN1CCCC(c2ccccc2)C1.C#CCN1CCN(c2ccc(F)cc2F)CC1.C#CCN1CCN(c2cccc(C)c2C)CC1.C#CCN1CCN(c2cccc(Cl)c2)CC1.C#CCN1CCN(c2ccncc2)CC1.C#CCOc1ccc(C(=O)c2ccc(F)cc2)cc1.C#Cc1ccc(C(=O)c2ccccc2)cc1. The first-order valence-electron chi connectivity index (χ1n) is 49.4. The lowest BCUT2D eigenvalue weighted by molar-refractivity contribution is -0.384. The molecule has 23 nitrogen and oxygen atoms in total. The van der Waals surface area contributed by atoms with Crippen molar-refractivity contribution >= 4 is 67.5 Å². The van der Waals surface area contributed by atoms with E-state index in [1.807, 2.05) is 58.6 Å². The van der Waals surface area contributed by atoms with Crippen molar-refractivity contribution in [1.29, 1.82) is 0 Å². The third kappa shape index (κ3) is 39.2. The average Bonchev–Trinajstić information content (AvgIpc) is 0.830. The van der Waals surface area contributed by atoms with Gasteiger partial charge >= 0.3 is 0 Å². The van der Waals surface area contributed by atoms with Crippen LogP contribution in [0.1, 0.15) is 89.6 Å². The maximum Gasteiger partial charge on any atom is 0.269 e. The number of terminal acetylenes is 9. The minimum absolute atomic E-state index is 0.0178. The number of nitro benzene ring substituents is 1. The number of nitro groups is 1. The molecule has 0 spiro atoms. The first-order valence-corrected chi connectivity index (χ1v) is 51.2. The van der Waals surface area contributed by atoms with Crippen molar-refractivity contribution in [3.8, 4) is 117 Å². The fraction of sp³-hybridized carbons (Fsp3) is 0.303. The molecule has 17 rings (SSSR count). The zero-order valence-corrected chi connectivity index (χ0v) is 87.0. The number of anilines is 4. The largest absolute Gasteiger partial charge is 0.481 e. The average molecular weight is 2060 g/mol. The molecule has 1 unspecified atom stereocenters. The number of aromatic nitrogens is 2. The van der Waals surface area contributed by atoms with Gasteiger partial charge in [0.25, 0.3) is 11.6 Å². The van der Waals surface area contributed by atoms with E-state index >= 15 is 0 Å². The number of nitrogens with zero attached hydrogens (tertiary/aromatic N) is 15. The summed E-state index contributed by atoms with van der Waals surface area (Å²) in [5.74, 6) is 23.0. The van der Waals surface area contributed by atoms with Crippen LogP contribution in [0.3, 0.4) is 0 Å². The number of hydrogen-bond acceptors (Lipinski definition) is 20. The molecule has 150 heavy (non-hydrogen) atoms. The van der Waals surface area contributed by atoms with Crippen molar-refractivity contribution in [2.45, 2.75) is 43.9 Å². The molecule has 6 saturated heterocycles. The van der Waals surface area contributed by atoms with Crippen LogP contribution in [0.5, 0.6) is 5.75 Å². The van der Waals surface area contributed by atoms with Crippen molar-refractivity contribution in [2.75, 3.05) is 223 Å². The quantitative estimate of drug-likeness (QED) is 0.0253. The molecule has 8 heterocycles. The third-order valence-electron chi connectivity index (χ3n) is 25.3. The molecule has 9 aromatic carbocycles. The molecule has 1 atom stereocenters. The second-order valence-corrected chi connectivity index (χ2v) is 37.9. The number of pyridine rings is 2. The Morgan fingerprint density at radius 3 is 1.43 bits per heavy atom. The lowest BCUT2D eigenvalue weighted by Gasteiger charge is -2.36. The summed E-state index contributed by atoms with van der Waals surface area (Å²) in [7, 11) is -2.33. The maximum atomic E-state index is 13.6. The van der Waals surface area contributed by atoms with Gasteiger partial charge in [-0.3, -0.25) is 63.9 Å². The Balaban J connectivity index is 0.000000187. The highest BCUT2D eigenvalue weighted by atomic mass is 35.5. The van der Waals surface area contributed by atoms with E-state index in [1.165, 1.54) is 102 Å². The molecule has 11 aromatic rings. The number of hydrogen-bond donors (Lipinski definition) is 0. The smallest absolute Gasteiger partial charge is 0.269 e. The second kappa shape index (κ2) is 64.4. The van der Waals surface area contributed by atoms with Crippen molar-refractivity contribution in [2.24, 2.45) is 0 Å². The zero-order valence-electron chi connectivity index (χ0n) is 85.4. The van der Waals surface area contributed by atoms with Gasteiger partial charge in [0.15, 0.2) is 11.6 Å². The Labute approximate surface area is 890 Å². The number of sulfonamides is 1. The number of amides is 1. The zero-order chi connectivity index (χ0) is 108. The first kappa shape index (κ1) is 118. The molecule has 0 saturated carbocycles. The van der Waals surface area contributed by atoms with E-state index in [-0.39, 0.29) is 47.0 Å². The fourth-order valence-electron chi connectivity index (χ4n) is 16.8. The number of likely N-dealkylation sites (tertiary alicyclic amines) is 1. The van der Waals surface area contributed by atoms with Gasteiger partial charge in [-0.2, -0.15) is 4.31 Å². The molecule has 0 aliphatic carbocycles. The number of rotatable bonds is 23. The van der Waals surface area contributed by atoms with E-state index in [2.05, 4.69) is 188 Å². The fourth-order valence-corrected chi connectivity index (χ4v) is 18.0. The number of ketones is 2. The van der Waals surface area contributed by atoms with Crippen molar-refractivity contribution in [1.82, 2.24) is 48.6 Å². The number of carbonyl (C=O) groups excluding carboxylic acids is 3. The van der Waals surface area contributed by atoms with E-state index in [4.69, 9.17) is 74.1 Å². The molecule has 0 radical (unpaired) electrons. The predicted molar refractivity (Wildman–Crippen MR) is 598 cm³/mol. The number of halogens is 4. The van der Waals surface area contributed by atoms with Gasteiger partial charge in [-0.1, -0.05) is 138 Å². The highest BCUT2D eigenvalue weighted by molar-refractivity contribution is 7.89. The predicted octanol–water partition coefficient (Wildman–Crippen LogP) is 16.9. The molecular weight excluding hydrogens is 1930 g/mol. The standard InChI is InChI=1S/C16H11FO2.C15H20N2.C15H10O.C14H17N3O.C14H17N.C13H15ClN2.C13H14F2N2.C12H15N3.C10H10N2O4S/c1-2-11-19-15-9-5-13(6-10-15)16(18)12-3-7-14(17)8-4-12;1-4-8-16-9-11-17(12-10-16)15-7-5-6-13(2)14(15)3;1-2-12-8-10-14(11-9-12)15(16)13-6-4-3-5-7-13;1-2-3-7-16-8-10-17(11-9-16)14(18)13-5-4-6-15-12-13;1-2-10-15-11-6-9-14(12-15)13-7-4-3-5-8-13;1-2-6-15-7-9-16(10-8-15)13-5-3-4-12(14)11-13;1-2-5-16-6-8-17(9-7-16)13-4-3-11(14)10-12(13)15;1-2-7-14-8-10-15(11-9-14)12-3-5-13-6-4-12;1-3-8-11(2)17(15,16)10-6-4-9(5-7-10)12(13)14/h1,3-10H,11H2;1,5-7H,8-12H2,2-3H3;1,3-11H;1,4-6,12H,3,7-11H2;1,3-5,7-8,14H,6,9-12H2;1,3-5,11H,6-10H2;1,3-4,10H,5-9H2;1,3-6H,7-11H2;1,4-7H,8H2,2H3. The van der Waals surface area contributed by atoms with Crippen molar-refractivity contribution in [3.05, 3.63) is 350 Å². The normalized spacial score (nSPS) is 15.1. The number of benzene rings is 9. The topological polar surface area (TPSA) is 202 Å². The molecule has 0 bridgehead atoms. The molecule has 6 aliphatic heterocycles. The molecule has 0 N–H and O–H groups in total. The molecule has 774 valence electrons. The van der Waals surface area contributed by atoms with Crippen molar-refractivity contribution in [3.63, 3.8) is 0 Å². The van der Waals surface area contributed by atoms with Crippen LogP contribution >= 0.6 is 11.6 Å². The Kier molecular flexibility index (Phi) is 50.6. The van der Waals surface area contributed by atoms with E-state index in [0.29, 0.717) is 64.8 Å². The van der Waals surface area contributed by atoms with E-state index in [9.17, 15) is 46.1 Å². The summed E-state index contributed by atoms with van der Waals surface area (Å²) in [4.78, 5) is 78.8. The molecule has 6 fully saturated rings. The summed E-state index contributed by atoms with van der Waals surface area (Å²) in [5.41, 5.74) is 12.1. The van der Waals surface area contributed by atoms with Gasteiger partial charge in [-0.25, -0.2) is 21.6 Å². The summed E-state index contributed by atoms with van der Waals surface area (Å²) in [6.45, 7) is 30.3. The Morgan fingerprint density at radius 2 is 0.933 bits per heavy atom. The van der Waals surface area contributed by atoms with Crippen LogP contribution in [0.15, 0.2) is 272 Å². The molecule has 6 aliphatic rings. The van der Waals surface area contributed by atoms with E-state index < -0.39 is 26.6 Å². The molecule has 1 amide bonds. The number of aryl methyl sites for hydroxylation is 1. The van der Waals surface area contributed by atoms with Gasteiger partial charge in [0, 0.05) is 250 Å². The first-order chi connectivity index (χ1) is 72.7. The van der Waals surface area contributed by atoms with Crippen LogP contribution in [0.2, 0.25) is 5.02 Å². The summed E-state index contributed by atoms with van der Waals surface area (Å²) >= 11 is 5.98. The molecule has 28 heteroatoms. The van der Waals surface area contributed by atoms with Gasteiger partial charge < -0.3 is 29.2 Å². The van der Waals surface area contributed by atoms with Gasteiger partial charge in [-0.15, -0.1) is 63.7 Å². The van der Waals surface area contributed by atoms with Crippen LogP contribution in [-0.4, -0.2) is 283 Å². The Morgan fingerprint density at radius 1 is 0.453 bits per heavy atom. The minimum atomic E-state index is -3.68. The summed E-state index contributed by atoms with van der Waals surface area (Å²) in [6.07, 6.45) is 57.4. The van der Waals surface area contributed by atoms with Crippen molar-refractivity contribution < 1.29 is 45.6 Å². The Bertz CT molecular complexity index is 6580. The second-order valence-electron chi connectivity index (χ2n) is 35.4. The van der Waals surface area contributed by atoms with Crippen LogP contribution in [0.25, 0.3) is 0 Å². The molecular formula is C122H129ClF3N15O8S. The summed E-state index contributed by atoms with van der Waals surface area (Å²) < 4.78 is 69.1. The summed E-state index contributed by atoms with van der Waals surface area (Å²) in [6, 6.07) is 69.7. The number of piperidine rings is 1. The minimum Gasteiger partial charge on any atom is -0.481 e. The Hall–Kier alpha value is -15.7. The highest BCUT2D eigenvalue weighted by Gasteiger charge is 2.27. The number of piperazine rings is 5. The maximum absolute atomic E-state index is 13.6. The van der Waals surface area contributed by atoms with Crippen LogP contribution < -0.4 is 24.3 Å². The van der Waals surface area contributed by atoms with E-state index in [0.717, 1.165) is 203 Å². The van der Waals surface area contributed by atoms with Gasteiger partial charge in [-0.05, 0) is 201 Å². The van der Waals surface area contributed by atoms with Crippen LogP contribution in [-0.2, 0) is 10.0 Å². The number of non-ortho nitro benzene ring substituents is 1. The van der Waals surface area contributed by atoms with Gasteiger partial charge in [0.1, 0.15) is 29.8 Å². The lowest BCUT2D eigenvalue weighted by Crippen LogP contribution is -2.48. The van der Waals surface area contributed by atoms with Crippen LogP contribution in [0, 0.1) is 153 Å². The van der Waals surface area contributed by atoms with Crippen LogP contribution in [0.4, 0.5) is 41.6 Å². The van der Waals surface area contributed by atoms with E-state index in [1.54, 1.807) is 85.2 Å². The summed E-state index contributed by atoms with van der Waals surface area (Å²) in [5, 5.41) is 11.2. The molecule has 2 aromatic heterocycles. The number of carbonyl (C=O) groups is 3. The highest BCUT2D eigenvalue weighted by Crippen LogP contribution is 2.30. The number of ether oxygens (including phenoxy) is 1. The third-order valence-corrected chi connectivity index (χ3v) is 27.4. The lowest BCUT2D eigenvalue weighted by atomic mass is 9.91. The van der Waals surface area contributed by atoms with Gasteiger partial charge in [0.05, 0.1) is 60.3 Å². The monoisotopic (exact) mass is 2060 g/mol.